The second kappa shape index (κ2) is 6.24. The van der Waals surface area contributed by atoms with Gasteiger partial charge in [0.25, 0.3) is 0 Å². The maximum absolute atomic E-state index is 12.4. The lowest BCUT2D eigenvalue weighted by Gasteiger charge is -2.24. The molecule has 0 aliphatic heterocycles. The Kier molecular flexibility index (Phi) is 4.67. The van der Waals surface area contributed by atoms with Crippen molar-refractivity contribution in [2.24, 2.45) is 23.7 Å². The van der Waals surface area contributed by atoms with E-state index in [-0.39, 0.29) is 29.6 Å². The van der Waals surface area contributed by atoms with E-state index in [4.69, 9.17) is 9.84 Å². The molecule has 4 nitrogen and oxygen atoms in total. The van der Waals surface area contributed by atoms with E-state index in [1.165, 1.54) is 0 Å². The number of carbonyl (C=O) groups is 2. The maximum atomic E-state index is 12.4. The third-order valence-corrected chi connectivity index (χ3v) is 6.28. The van der Waals surface area contributed by atoms with Crippen molar-refractivity contribution in [2.45, 2.75) is 19.3 Å². The molecule has 2 fully saturated rings. The average molecular weight is 497 g/mol. The number of rotatable bonds is 3. The van der Waals surface area contributed by atoms with Crippen molar-refractivity contribution >= 4 is 59.7 Å². The molecule has 22 heavy (non-hydrogen) atoms. The first-order valence-corrected chi connectivity index (χ1v) is 9.33. The van der Waals surface area contributed by atoms with E-state index < -0.39 is 5.97 Å². The van der Waals surface area contributed by atoms with E-state index in [2.05, 4.69) is 47.8 Å². The SMILES string of the molecule is O=C(O)C1CC2CC1CC2C(=O)Oc1c(Br)cc(Br)cc1Br. The lowest BCUT2D eigenvalue weighted by molar-refractivity contribution is -0.147. The number of carboxylic acid groups (broad SMARTS) is 1. The number of hydrogen-bond donors (Lipinski definition) is 1. The van der Waals surface area contributed by atoms with Crippen molar-refractivity contribution in [1.29, 1.82) is 0 Å². The van der Waals surface area contributed by atoms with E-state index in [1.807, 2.05) is 12.1 Å². The summed E-state index contributed by atoms with van der Waals surface area (Å²) in [5.41, 5.74) is 0. The largest absolute Gasteiger partial charge is 0.481 e. The molecule has 1 aromatic rings. The van der Waals surface area contributed by atoms with Crippen LogP contribution < -0.4 is 4.74 Å². The highest BCUT2D eigenvalue weighted by molar-refractivity contribution is 9.11. The molecule has 7 heteroatoms. The Labute approximate surface area is 153 Å². The van der Waals surface area contributed by atoms with E-state index in [0.717, 1.165) is 10.9 Å². The molecule has 0 radical (unpaired) electrons. The molecule has 2 saturated carbocycles. The predicted molar refractivity (Wildman–Crippen MR) is 90.6 cm³/mol. The number of carbonyl (C=O) groups excluding carboxylic acids is 1. The van der Waals surface area contributed by atoms with Crippen molar-refractivity contribution in [1.82, 2.24) is 0 Å². The Bertz CT molecular complexity index is 623. The number of benzene rings is 1. The average Bonchev–Trinajstić information content (AvgIpc) is 3.02. The van der Waals surface area contributed by atoms with Crippen molar-refractivity contribution < 1.29 is 19.4 Å². The highest BCUT2D eigenvalue weighted by atomic mass is 79.9. The highest BCUT2D eigenvalue weighted by Gasteiger charge is 2.51. The fraction of sp³-hybridized carbons (Fsp3) is 0.467. The Morgan fingerprint density at radius 2 is 1.55 bits per heavy atom. The van der Waals surface area contributed by atoms with E-state index in [1.54, 1.807) is 0 Å². The molecule has 2 bridgehead atoms. The topological polar surface area (TPSA) is 63.6 Å². The van der Waals surface area contributed by atoms with Gasteiger partial charge in [0.1, 0.15) is 0 Å². The molecule has 2 aliphatic carbocycles. The van der Waals surface area contributed by atoms with Gasteiger partial charge in [-0.3, -0.25) is 9.59 Å². The molecular weight excluding hydrogens is 484 g/mol. The van der Waals surface area contributed by atoms with Crippen LogP contribution in [0.3, 0.4) is 0 Å². The van der Waals surface area contributed by atoms with Crippen LogP contribution in [0.15, 0.2) is 25.6 Å². The minimum Gasteiger partial charge on any atom is -0.481 e. The molecule has 0 amide bonds. The van der Waals surface area contributed by atoms with Crippen molar-refractivity contribution in [3.63, 3.8) is 0 Å². The lowest BCUT2D eigenvalue weighted by Crippen LogP contribution is -2.30. The van der Waals surface area contributed by atoms with E-state index >= 15 is 0 Å². The Balaban J connectivity index is 1.72. The molecular formula is C15H13Br3O4. The Hall–Kier alpha value is -0.400. The van der Waals surface area contributed by atoms with Crippen LogP contribution in [-0.2, 0) is 9.59 Å². The van der Waals surface area contributed by atoms with Gasteiger partial charge in [-0.15, -0.1) is 0 Å². The molecule has 3 rings (SSSR count). The van der Waals surface area contributed by atoms with Gasteiger partial charge in [0.05, 0.1) is 20.8 Å². The summed E-state index contributed by atoms with van der Waals surface area (Å²) in [5.74, 6) is -0.782. The van der Waals surface area contributed by atoms with Crippen molar-refractivity contribution in [3.8, 4) is 5.75 Å². The molecule has 0 heterocycles. The van der Waals surface area contributed by atoms with E-state index in [0.29, 0.717) is 27.5 Å². The predicted octanol–water partition coefficient (Wildman–Crippen LogP) is 4.63. The fourth-order valence-corrected chi connectivity index (χ4v) is 6.09. The summed E-state index contributed by atoms with van der Waals surface area (Å²) < 4.78 is 7.81. The van der Waals surface area contributed by atoms with E-state index in [9.17, 15) is 9.59 Å². The Morgan fingerprint density at radius 1 is 1.00 bits per heavy atom. The number of ether oxygens (including phenoxy) is 1. The standard InChI is InChI=1S/C15H13Br3O4/c16-8-4-11(17)13(12(18)5-8)22-15(21)10-3-6-1-7(10)2-9(6)14(19)20/h4-7,9-10H,1-3H2,(H,19,20). The molecule has 4 unspecified atom stereocenters. The van der Waals surface area contributed by atoms with Gasteiger partial charge in [0.2, 0.25) is 0 Å². The van der Waals surface area contributed by atoms with Gasteiger partial charge >= 0.3 is 11.9 Å². The minimum absolute atomic E-state index is 0.108. The van der Waals surface area contributed by atoms with Crippen molar-refractivity contribution in [2.75, 3.05) is 0 Å². The van der Waals surface area contributed by atoms with Crippen molar-refractivity contribution in [3.05, 3.63) is 25.6 Å². The highest BCUT2D eigenvalue weighted by Crippen LogP contribution is 2.52. The number of carboxylic acids is 1. The second-order valence-corrected chi connectivity index (χ2v) is 8.52. The van der Waals surface area contributed by atoms with Gasteiger partial charge in [-0.25, -0.2) is 0 Å². The number of halogens is 3. The maximum Gasteiger partial charge on any atom is 0.314 e. The summed E-state index contributed by atoms with van der Waals surface area (Å²) in [6, 6.07) is 3.63. The summed E-state index contributed by atoms with van der Waals surface area (Å²) in [4.78, 5) is 23.6. The Morgan fingerprint density at radius 3 is 2.05 bits per heavy atom. The molecule has 118 valence electrons. The quantitative estimate of drug-likeness (QED) is 0.489. The first-order chi connectivity index (χ1) is 10.4. The third-order valence-electron chi connectivity index (χ3n) is 4.64. The van der Waals surface area contributed by atoms with Gasteiger partial charge < -0.3 is 9.84 Å². The number of esters is 1. The first-order valence-electron chi connectivity index (χ1n) is 6.96. The lowest BCUT2D eigenvalue weighted by atomic mass is 9.82. The number of hydrogen-bond acceptors (Lipinski definition) is 3. The summed E-state index contributed by atoms with van der Waals surface area (Å²) in [6.07, 6.45) is 2.02. The van der Waals surface area contributed by atoms with Gasteiger partial charge in [-0.2, -0.15) is 0 Å². The zero-order valence-corrected chi connectivity index (χ0v) is 16.1. The second-order valence-electron chi connectivity index (χ2n) is 5.90. The summed E-state index contributed by atoms with van der Waals surface area (Å²) in [6.45, 7) is 0. The zero-order valence-electron chi connectivity index (χ0n) is 11.4. The van der Waals surface area contributed by atoms with Crippen LogP contribution in [0.4, 0.5) is 0 Å². The summed E-state index contributed by atoms with van der Waals surface area (Å²) in [5, 5.41) is 9.16. The molecule has 0 spiro atoms. The van der Waals surface area contributed by atoms with Crippen LogP contribution in [0.2, 0.25) is 0 Å². The fourth-order valence-electron chi connectivity index (χ4n) is 3.67. The van der Waals surface area contributed by atoms with Crippen LogP contribution in [0.1, 0.15) is 19.3 Å². The van der Waals surface area contributed by atoms with Gasteiger partial charge in [0.15, 0.2) is 5.75 Å². The summed E-state index contributed by atoms with van der Waals surface area (Å²) in [7, 11) is 0. The normalized spacial score (nSPS) is 29.6. The summed E-state index contributed by atoms with van der Waals surface area (Å²) >= 11 is 10.1. The van der Waals surface area contributed by atoms with Crippen LogP contribution in [0.5, 0.6) is 5.75 Å². The monoisotopic (exact) mass is 494 g/mol. The zero-order chi connectivity index (χ0) is 16.0. The molecule has 1 N–H and O–H groups in total. The smallest absolute Gasteiger partial charge is 0.314 e. The van der Waals surface area contributed by atoms with Crippen LogP contribution in [0, 0.1) is 23.7 Å². The molecule has 4 atom stereocenters. The molecule has 2 aliphatic rings. The third kappa shape index (κ3) is 2.99. The van der Waals surface area contributed by atoms with Crippen LogP contribution in [0.25, 0.3) is 0 Å². The van der Waals surface area contributed by atoms with Gasteiger partial charge in [0, 0.05) is 4.47 Å². The molecule has 0 aromatic heterocycles. The van der Waals surface area contributed by atoms with Gasteiger partial charge in [-0.05, 0) is 75.1 Å². The van der Waals surface area contributed by atoms with Crippen LogP contribution in [-0.4, -0.2) is 17.0 Å². The number of aliphatic carboxylic acids is 1. The van der Waals surface area contributed by atoms with Gasteiger partial charge in [-0.1, -0.05) is 15.9 Å². The molecule has 1 aromatic carbocycles. The molecule has 0 saturated heterocycles. The first kappa shape index (κ1) is 16.5. The van der Waals surface area contributed by atoms with Crippen LogP contribution >= 0.6 is 47.8 Å². The minimum atomic E-state index is -0.738. The number of fused-ring (bicyclic) bond motifs is 2.